The second-order valence-corrected chi connectivity index (χ2v) is 5.94. The molecule has 0 amide bonds. The number of hydrogen-bond donors (Lipinski definition) is 0. The molecular weight excluding hydrogens is 147 g/mol. The van der Waals surface area contributed by atoms with Crippen LogP contribution in [0.3, 0.4) is 0 Å². The summed E-state index contributed by atoms with van der Waals surface area (Å²) in [4.78, 5) is 0. The lowest BCUT2D eigenvalue weighted by Crippen LogP contribution is -2.00. The van der Waals surface area contributed by atoms with Crippen molar-refractivity contribution in [2.75, 3.05) is 19.4 Å². The predicted octanol–water partition coefficient (Wildman–Crippen LogP) is 2.59. The zero-order valence-electron chi connectivity index (χ0n) is 7.26. The fourth-order valence-electron chi connectivity index (χ4n) is 0.398. The minimum atomic E-state index is -2.23. The lowest BCUT2D eigenvalue weighted by molar-refractivity contribution is 0.274. The molecule has 0 saturated carbocycles. The van der Waals surface area contributed by atoms with Crippen LogP contribution >= 0.6 is 7.37 Å². The molecular formula is C7H17O2P. The van der Waals surface area contributed by atoms with E-state index in [2.05, 4.69) is 13.8 Å². The molecule has 1 atom stereocenters. The highest BCUT2D eigenvalue weighted by Gasteiger charge is 2.12. The molecule has 0 aromatic heterocycles. The van der Waals surface area contributed by atoms with Gasteiger partial charge in [-0.1, -0.05) is 20.8 Å². The summed E-state index contributed by atoms with van der Waals surface area (Å²) in [6.45, 7) is 8.30. The minimum absolute atomic E-state index is 0.472. The van der Waals surface area contributed by atoms with E-state index in [1.807, 2.05) is 6.92 Å². The van der Waals surface area contributed by atoms with Crippen molar-refractivity contribution in [1.82, 2.24) is 0 Å². The summed E-state index contributed by atoms with van der Waals surface area (Å²) in [5.41, 5.74) is 0. The molecule has 0 fully saturated rings. The maximum atomic E-state index is 11.3. The smallest absolute Gasteiger partial charge is 0.199 e. The monoisotopic (exact) mass is 164 g/mol. The van der Waals surface area contributed by atoms with Crippen LogP contribution in [-0.2, 0) is 9.09 Å². The summed E-state index contributed by atoms with van der Waals surface area (Å²) in [5, 5.41) is 0. The van der Waals surface area contributed by atoms with Gasteiger partial charge in [-0.25, -0.2) is 0 Å². The molecule has 0 aliphatic carbocycles. The van der Waals surface area contributed by atoms with Gasteiger partial charge in [-0.05, 0) is 5.92 Å². The average molecular weight is 164 g/mol. The lowest BCUT2D eigenvalue weighted by Gasteiger charge is -2.12. The molecule has 0 rings (SSSR count). The Labute approximate surface area is 63.4 Å². The highest BCUT2D eigenvalue weighted by atomic mass is 31.2. The highest BCUT2D eigenvalue weighted by molar-refractivity contribution is 7.58. The van der Waals surface area contributed by atoms with E-state index >= 15 is 0 Å². The summed E-state index contributed by atoms with van der Waals surface area (Å²) in [6.07, 6.45) is 0.639. The second kappa shape index (κ2) is 4.15. The van der Waals surface area contributed by atoms with E-state index in [1.165, 1.54) is 0 Å². The maximum Gasteiger partial charge on any atom is 0.199 e. The van der Waals surface area contributed by atoms with Crippen molar-refractivity contribution < 1.29 is 9.09 Å². The third-order valence-corrected chi connectivity index (χ3v) is 3.10. The lowest BCUT2D eigenvalue weighted by atomic mass is 10.2. The van der Waals surface area contributed by atoms with Crippen molar-refractivity contribution >= 4 is 7.37 Å². The summed E-state index contributed by atoms with van der Waals surface area (Å²) in [6, 6.07) is 0. The van der Waals surface area contributed by atoms with E-state index < -0.39 is 7.37 Å². The van der Waals surface area contributed by atoms with Crippen LogP contribution in [0.5, 0.6) is 0 Å². The molecule has 0 aliphatic heterocycles. The van der Waals surface area contributed by atoms with Crippen LogP contribution in [0.2, 0.25) is 0 Å². The van der Waals surface area contributed by atoms with Gasteiger partial charge in [0.25, 0.3) is 0 Å². The largest absolute Gasteiger partial charge is 0.328 e. The van der Waals surface area contributed by atoms with Gasteiger partial charge in [-0.15, -0.1) is 0 Å². The van der Waals surface area contributed by atoms with E-state index in [0.717, 1.165) is 0 Å². The van der Waals surface area contributed by atoms with Crippen LogP contribution in [0.25, 0.3) is 0 Å². The highest BCUT2D eigenvalue weighted by Crippen LogP contribution is 2.41. The van der Waals surface area contributed by atoms with Crippen LogP contribution in [0.15, 0.2) is 0 Å². The fourth-order valence-corrected chi connectivity index (χ4v) is 1.19. The quantitative estimate of drug-likeness (QED) is 0.597. The molecule has 0 aliphatic rings. The minimum Gasteiger partial charge on any atom is -0.328 e. The topological polar surface area (TPSA) is 26.3 Å². The van der Waals surface area contributed by atoms with E-state index in [-0.39, 0.29) is 0 Å². The van der Waals surface area contributed by atoms with Gasteiger partial charge in [0, 0.05) is 12.8 Å². The molecule has 0 spiro atoms. The molecule has 0 N–H and O–H groups in total. The molecule has 3 heteroatoms. The van der Waals surface area contributed by atoms with Crippen LogP contribution < -0.4 is 0 Å². The van der Waals surface area contributed by atoms with Gasteiger partial charge >= 0.3 is 0 Å². The molecule has 0 aromatic carbocycles. The van der Waals surface area contributed by atoms with Gasteiger partial charge in [-0.3, -0.25) is 4.57 Å². The molecule has 0 saturated heterocycles. The normalized spacial score (nSPS) is 17.3. The van der Waals surface area contributed by atoms with Crippen molar-refractivity contribution in [2.45, 2.75) is 20.8 Å². The Morgan fingerprint density at radius 3 is 2.30 bits per heavy atom. The summed E-state index contributed by atoms with van der Waals surface area (Å²) in [5.74, 6) is 0.472. The molecule has 0 aromatic rings. The molecule has 0 unspecified atom stereocenters. The Kier molecular flexibility index (Phi) is 4.23. The first-order valence-corrected chi connectivity index (χ1v) is 5.94. The maximum absolute atomic E-state index is 11.3. The average Bonchev–Trinajstić information content (AvgIpc) is 1.85. The van der Waals surface area contributed by atoms with Gasteiger partial charge in [0.2, 0.25) is 0 Å². The molecule has 0 radical (unpaired) electrons. The summed E-state index contributed by atoms with van der Waals surface area (Å²) >= 11 is 0. The summed E-state index contributed by atoms with van der Waals surface area (Å²) in [7, 11) is -2.23. The zero-order valence-corrected chi connectivity index (χ0v) is 8.15. The Bertz CT molecular complexity index is 132. The molecule has 0 bridgehead atoms. The van der Waals surface area contributed by atoms with Crippen LogP contribution in [-0.4, -0.2) is 19.4 Å². The van der Waals surface area contributed by atoms with Gasteiger partial charge in [0.15, 0.2) is 7.37 Å². The van der Waals surface area contributed by atoms with E-state index in [9.17, 15) is 4.57 Å². The van der Waals surface area contributed by atoms with Crippen molar-refractivity contribution in [3.63, 3.8) is 0 Å². The standard InChI is InChI=1S/C7H17O2P/c1-5-10(4,8)9-6-7(2)3/h7H,5-6H2,1-4H3/t10-/m1/s1. The van der Waals surface area contributed by atoms with Gasteiger partial charge < -0.3 is 4.52 Å². The van der Waals surface area contributed by atoms with Crippen molar-refractivity contribution in [3.8, 4) is 0 Å². The van der Waals surface area contributed by atoms with Crippen LogP contribution in [0.4, 0.5) is 0 Å². The molecule has 10 heavy (non-hydrogen) atoms. The molecule has 62 valence electrons. The Morgan fingerprint density at radius 2 is 2.00 bits per heavy atom. The molecule has 0 heterocycles. The van der Waals surface area contributed by atoms with Crippen LogP contribution in [0.1, 0.15) is 20.8 Å². The third kappa shape index (κ3) is 5.01. The SMILES string of the molecule is CC[P@](C)(=O)OCC(C)C. The summed E-state index contributed by atoms with van der Waals surface area (Å²) < 4.78 is 16.5. The van der Waals surface area contributed by atoms with Crippen molar-refractivity contribution in [3.05, 3.63) is 0 Å². The van der Waals surface area contributed by atoms with Crippen LogP contribution in [0, 0.1) is 5.92 Å². The Hall–Kier alpha value is 0.190. The number of hydrogen-bond acceptors (Lipinski definition) is 2. The molecule has 2 nitrogen and oxygen atoms in total. The predicted molar refractivity (Wildman–Crippen MR) is 44.9 cm³/mol. The van der Waals surface area contributed by atoms with E-state index in [1.54, 1.807) is 6.66 Å². The number of rotatable bonds is 4. The Morgan fingerprint density at radius 1 is 1.50 bits per heavy atom. The second-order valence-electron chi connectivity index (χ2n) is 3.02. The first-order chi connectivity index (χ1) is 4.48. The van der Waals surface area contributed by atoms with Crippen molar-refractivity contribution in [2.24, 2.45) is 5.92 Å². The zero-order chi connectivity index (χ0) is 8.20. The van der Waals surface area contributed by atoms with Gasteiger partial charge in [0.1, 0.15) is 0 Å². The third-order valence-electron chi connectivity index (χ3n) is 1.26. The van der Waals surface area contributed by atoms with Gasteiger partial charge in [0.05, 0.1) is 6.61 Å². The van der Waals surface area contributed by atoms with Crippen molar-refractivity contribution in [1.29, 1.82) is 0 Å². The van der Waals surface area contributed by atoms with E-state index in [0.29, 0.717) is 18.7 Å². The first kappa shape index (κ1) is 10.2. The first-order valence-electron chi connectivity index (χ1n) is 3.69. The fraction of sp³-hybridized carbons (Fsp3) is 1.00. The Balaban J connectivity index is 3.58. The van der Waals surface area contributed by atoms with E-state index in [4.69, 9.17) is 4.52 Å². The van der Waals surface area contributed by atoms with Gasteiger partial charge in [-0.2, -0.15) is 0 Å².